The van der Waals surface area contributed by atoms with Gasteiger partial charge in [-0.15, -0.1) is 0 Å². The van der Waals surface area contributed by atoms with Crippen LogP contribution in [0.15, 0.2) is 24.3 Å². The SMILES string of the molecule is NCC(C(=O)O)c1ccccc1C1(O)CC1. The minimum atomic E-state index is -0.945. The van der Waals surface area contributed by atoms with Crippen LogP contribution in [0.4, 0.5) is 0 Å². The molecule has 1 fully saturated rings. The average molecular weight is 221 g/mol. The first-order valence-electron chi connectivity index (χ1n) is 5.33. The van der Waals surface area contributed by atoms with E-state index in [1.165, 1.54) is 0 Å². The molecule has 0 aliphatic heterocycles. The van der Waals surface area contributed by atoms with Gasteiger partial charge in [-0.05, 0) is 24.0 Å². The third-order valence-electron chi connectivity index (χ3n) is 3.09. The molecule has 1 saturated carbocycles. The number of aliphatic carboxylic acids is 1. The molecule has 0 bridgehead atoms. The monoisotopic (exact) mass is 221 g/mol. The van der Waals surface area contributed by atoms with Crippen molar-refractivity contribution in [1.29, 1.82) is 0 Å². The molecule has 0 spiro atoms. The highest BCUT2D eigenvalue weighted by atomic mass is 16.4. The van der Waals surface area contributed by atoms with E-state index in [4.69, 9.17) is 10.8 Å². The Hall–Kier alpha value is -1.39. The molecule has 2 rings (SSSR count). The summed E-state index contributed by atoms with van der Waals surface area (Å²) in [7, 11) is 0. The molecule has 1 aliphatic carbocycles. The fourth-order valence-corrected chi connectivity index (χ4v) is 1.97. The van der Waals surface area contributed by atoms with Gasteiger partial charge in [0, 0.05) is 6.54 Å². The van der Waals surface area contributed by atoms with E-state index in [9.17, 15) is 9.90 Å². The first-order valence-corrected chi connectivity index (χ1v) is 5.33. The summed E-state index contributed by atoms with van der Waals surface area (Å²) < 4.78 is 0. The molecule has 86 valence electrons. The van der Waals surface area contributed by atoms with Gasteiger partial charge in [0.15, 0.2) is 0 Å². The number of nitrogens with two attached hydrogens (primary N) is 1. The summed E-state index contributed by atoms with van der Waals surface area (Å²) in [6, 6.07) is 7.10. The second kappa shape index (κ2) is 3.88. The van der Waals surface area contributed by atoms with Gasteiger partial charge in [-0.25, -0.2) is 0 Å². The summed E-state index contributed by atoms with van der Waals surface area (Å²) in [5.41, 5.74) is 6.01. The molecule has 1 aliphatic rings. The fraction of sp³-hybridized carbons (Fsp3) is 0.417. The van der Waals surface area contributed by atoms with E-state index in [2.05, 4.69) is 0 Å². The molecule has 1 aromatic carbocycles. The van der Waals surface area contributed by atoms with Crippen LogP contribution in [0.5, 0.6) is 0 Å². The normalized spacial score (nSPS) is 19.1. The van der Waals surface area contributed by atoms with Crippen LogP contribution in [-0.2, 0) is 10.4 Å². The van der Waals surface area contributed by atoms with Crippen LogP contribution in [0, 0.1) is 0 Å². The van der Waals surface area contributed by atoms with E-state index in [-0.39, 0.29) is 6.54 Å². The Morgan fingerprint density at radius 2 is 2.06 bits per heavy atom. The van der Waals surface area contributed by atoms with E-state index in [0.717, 1.165) is 0 Å². The molecule has 0 saturated heterocycles. The first kappa shape index (κ1) is 11.1. The number of hydrogen-bond acceptors (Lipinski definition) is 3. The number of carbonyl (C=O) groups is 1. The van der Waals surface area contributed by atoms with E-state index >= 15 is 0 Å². The zero-order valence-electron chi connectivity index (χ0n) is 8.89. The van der Waals surface area contributed by atoms with E-state index in [0.29, 0.717) is 24.0 Å². The minimum absolute atomic E-state index is 0.0441. The predicted molar refractivity (Wildman–Crippen MR) is 59.0 cm³/mol. The molecular formula is C12H15NO3. The van der Waals surface area contributed by atoms with Crippen LogP contribution in [0.2, 0.25) is 0 Å². The number of aliphatic hydroxyl groups is 1. The maximum atomic E-state index is 11.1. The molecule has 0 radical (unpaired) electrons. The van der Waals surface area contributed by atoms with Gasteiger partial charge in [0.05, 0.1) is 11.5 Å². The number of carboxylic acids is 1. The highest BCUT2D eigenvalue weighted by molar-refractivity contribution is 5.77. The zero-order chi connectivity index (χ0) is 11.8. The molecule has 16 heavy (non-hydrogen) atoms. The maximum Gasteiger partial charge on any atom is 0.312 e. The van der Waals surface area contributed by atoms with Gasteiger partial charge in [0.2, 0.25) is 0 Å². The zero-order valence-corrected chi connectivity index (χ0v) is 8.89. The fourth-order valence-electron chi connectivity index (χ4n) is 1.97. The molecule has 0 amide bonds. The van der Waals surface area contributed by atoms with Crippen molar-refractivity contribution < 1.29 is 15.0 Å². The van der Waals surface area contributed by atoms with E-state index < -0.39 is 17.5 Å². The topological polar surface area (TPSA) is 83.6 Å². The number of benzene rings is 1. The Morgan fingerprint density at radius 1 is 1.44 bits per heavy atom. The van der Waals surface area contributed by atoms with Crippen LogP contribution in [0.25, 0.3) is 0 Å². The largest absolute Gasteiger partial charge is 0.481 e. The van der Waals surface area contributed by atoms with Crippen LogP contribution in [0.1, 0.15) is 29.9 Å². The lowest BCUT2D eigenvalue weighted by atomic mass is 9.90. The summed E-state index contributed by atoms with van der Waals surface area (Å²) in [5, 5.41) is 19.1. The number of hydrogen-bond donors (Lipinski definition) is 3. The summed E-state index contributed by atoms with van der Waals surface area (Å²) in [6.45, 7) is 0.0441. The molecule has 1 aromatic rings. The summed E-state index contributed by atoms with van der Waals surface area (Å²) in [4.78, 5) is 11.1. The third kappa shape index (κ3) is 1.81. The Kier molecular flexibility index (Phi) is 2.69. The second-order valence-electron chi connectivity index (χ2n) is 4.25. The molecule has 0 aromatic heterocycles. The lowest BCUT2D eigenvalue weighted by molar-refractivity contribution is -0.138. The number of rotatable bonds is 4. The average Bonchev–Trinajstić information content (AvgIpc) is 2.99. The summed E-state index contributed by atoms with van der Waals surface area (Å²) in [6.07, 6.45) is 1.39. The lowest BCUT2D eigenvalue weighted by Crippen LogP contribution is -2.24. The van der Waals surface area contributed by atoms with Crippen molar-refractivity contribution in [3.8, 4) is 0 Å². The van der Waals surface area contributed by atoms with Crippen LogP contribution in [0.3, 0.4) is 0 Å². The van der Waals surface area contributed by atoms with Crippen molar-refractivity contribution in [3.05, 3.63) is 35.4 Å². The molecule has 4 N–H and O–H groups in total. The molecule has 0 heterocycles. The Morgan fingerprint density at radius 3 is 2.56 bits per heavy atom. The number of carboxylic acid groups (broad SMARTS) is 1. The van der Waals surface area contributed by atoms with Crippen molar-refractivity contribution in [3.63, 3.8) is 0 Å². The summed E-state index contributed by atoms with van der Waals surface area (Å²) in [5.74, 6) is -1.68. The van der Waals surface area contributed by atoms with Gasteiger partial charge in [0.1, 0.15) is 0 Å². The van der Waals surface area contributed by atoms with Gasteiger partial charge >= 0.3 is 5.97 Å². The quantitative estimate of drug-likeness (QED) is 0.702. The van der Waals surface area contributed by atoms with Gasteiger partial charge in [-0.3, -0.25) is 4.79 Å². The molecular weight excluding hydrogens is 206 g/mol. The Bertz CT molecular complexity index is 412. The van der Waals surface area contributed by atoms with Crippen LogP contribution >= 0.6 is 0 Å². The lowest BCUT2D eigenvalue weighted by Gasteiger charge is -2.18. The van der Waals surface area contributed by atoms with Gasteiger partial charge < -0.3 is 15.9 Å². The molecule has 4 nitrogen and oxygen atoms in total. The second-order valence-corrected chi connectivity index (χ2v) is 4.25. The first-order chi connectivity index (χ1) is 7.58. The maximum absolute atomic E-state index is 11.1. The molecule has 1 unspecified atom stereocenters. The van der Waals surface area contributed by atoms with Crippen molar-refractivity contribution in [2.24, 2.45) is 5.73 Å². The minimum Gasteiger partial charge on any atom is -0.481 e. The molecule has 1 atom stereocenters. The van der Waals surface area contributed by atoms with Crippen molar-refractivity contribution >= 4 is 5.97 Å². The highest BCUT2D eigenvalue weighted by Crippen LogP contribution is 2.47. The van der Waals surface area contributed by atoms with Gasteiger partial charge in [-0.1, -0.05) is 24.3 Å². The summed E-state index contributed by atoms with van der Waals surface area (Å²) >= 11 is 0. The van der Waals surface area contributed by atoms with Gasteiger partial charge in [-0.2, -0.15) is 0 Å². The van der Waals surface area contributed by atoms with Crippen molar-refractivity contribution in [2.45, 2.75) is 24.4 Å². The van der Waals surface area contributed by atoms with Crippen LogP contribution in [-0.4, -0.2) is 22.7 Å². The van der Waals surface area contributed by atoms with Crippen LogP contribution < -0.4 is 5.73 Å². The van der Waals surface area contributed by atoms with Gasteiger partial charge in [0.25, 0.3) is 0 Å². The van der Waals surface area contributed by atoms with E-state index in [1.54, 1.807) is 18.2 Å². The Balaban J connectivity index is 2.43. The highest BCUT2D eigenvalue weighted by Gasteiger charge is 2.44. The smallest absolute Gasteiger partial charge is 0.312 e. The van der Waals surface area contributed by atoms with Crippen molar-refractivity contribution in [2.75, 3.05) is 6.54 Å². The Labute approximate surface area is 93.7 Å². The standard InChI is InChI=1S/C12H15NO3/c13-7-9(11(14)15)8-3-1-2-4-10(8)12(16)5-6-12/h1-4,9,16H,5-7,13H2,(H,14,15). The predicted octanol–water partition coefficient (Wildman–Crippen LogP) is 0.795. The van der Waals surface area contributed by atoms with Crippen molar-refractivity contribution in [1.82, 2.24) is 0 Å². The molecule has 4 heteroatoms. The third-order valence-corrected chi connectivity index (χ3v) is 3.09. The van der Waals surface area contributed by atoms with E-state index in [1.807, 2.05) is 6.07 Å².